The van der Waals surface area contributed by atoms with E-state index in [0.717, 1.165) is 13.1 Å². The van der Waals surface area contributed by atoms with Crippen molar-refractivity contribution >= 4 is 17.5 Å². The number of aryl methyl sites for hydroxylation is 1. The van der Waals surface area contributed by atoms with Gasteiger partial charge in [-0.25, -0.2) is 0 Å². The normalized spacial score (nSPS) is 15.5. The zero-order valence-corrected chi connectivity index (χ0v) is 18.5. The molecule has 3 aromatic rings. The van der Waals surface area contributed by atoms with Gasteiger partial charge in [-0.15, -0.1) is 0 Å². The first-order valence-electron chi connectivity index (χ1n) is 10.6. The quantitative estimate of drug-likeness (QED) is 0.549. The van der Waals surface area contributed by atoms with Gasteiger partial charge in [-0.3, -0.25) is 9.69 Å². The van der Waals surface area contributed by atoms with E-state index < -0.39 is 0 Å². The molecular weight excluding hydrogens is 408 g/mol. The highest BCUT2D eigenvalue weighted by molar-refractivity contribution is 6.30. The molecule has 1 aliphatic heterocycles. The lowest BCUT2D eigenvalue weighted by molar-refractivity contribution is -0.135. The van der Waals surface area contributed by atoms with Crippen molar-refractivity contribution in [2.75, 3.05) is 32.8 Å². The molecule has 0 saturated carbocycles. The molecule has 1 amide bonds. The maximum atomic E-state index is 12.6. The summed E-state index contributed by atoms with van der Waals surface area (Å²) in [7, 11) is 0. The fraction of sp³-hybridized carbons (Fsp3) is 0.269. The van der Waals surface area contributed by atoms with E-state index >= 15 is 0 Å². The predicted molar refractivity (Wildman–Crippen MR) is 125 cm³/mol. The van der Waals surface area contributed by atoms with Gasteiger partial charge in [0.15, 0.2) is 6.61 Å². The van der Waals surface area contributed by atoms with Crippen molar-refractivity contribution < 1.29 is 9.53 Å². The van der Waals surface area contributed by atoms with Crippen LogP contribution in [0.25, 0.3) is 0 Å². The Kier molecular flexibility index (Phi) is 6.90. The van der Waals surface area contributed by atoms with Crippen molar-refractivity contribution in [1.29, 1.82) is 0 Å². The molecule has 0 aliphatic carbocycles. The molecule has 1 saturated heterocycles. The van der Waals surface area contributed by atoms with Crippen molar-refractivity contribution in [2.45, 2.75) is 13.0 Å². The molecule has 160 valence electrons. The van der Waals surface area contributed by atoms with E-state index in [1.54, 1.807) is 24.3 Å². The molecule has 0 radical (unpaired) electrons. The van der Waals surface area contributed by atoms with Crippen LogP contribution in [0.3, 0.4) is 0 Å². The van der Waals surface area contributed by atoms with Crippen molar-refractivity contribution in [3.05, 3.63) is 101 Å². The molecule has 0 spiro atoms. The third-order valence-corrected chi connectivity index (χ3v) is 5.97. The number of ether oxygens (including phenoxy) is 1. The first-order chi connectivity index (χ1) is 15.1. The Bertz CT molecular complexity index is 982. The van der Waals surface area contributed by atoms with Crippen molar-refractivity contribution in [1.82, 2.24) is 9.80 Å². The summed E-state index contributed by atoms with van der Waals surface area (Å²) in [5.74, 6) is 0.668. The molecule has 1 unspecified atom stereocenters. The highest BCUT2D eigenvalue weighted by Crippen LogP contribution is 2.29. The molecule has 1 atom stereocenters. The van der Waals surface area contributed by atoms with E-state index in [1.807, 2.05) is 11.0 Å². The van der Waals surface area contributed by atoms with Crippen LogP contribution in [0.4, 0.5) is 0 Å². The highest BCUT2D eigenvalue weighted by atomic mass is 35.5. The van der Waals surface area contributed by atoms with E-state index in [9.17, 15) is 4.79 Å². The number of benzene rings is 3. The van der Waals surface area contributed by atoms with Crippen LogP contribution in [0.2, 0.25) is 5.02 Å². The maximum absolute atomic E-state index is 12.6. The van der Waals surface area contributed by atoms with Crippen LogP contribution in [0.1, 0.15) is 22.7 Å². The molecule has 4 nitrogen and oxygen atoms in total. The Hall–Kier alpha value is -2.82. The molecule has 0 aromatic heterocycles. The summed E-state index contributed by atoms with van der Waals surface area (Å²) < 4.78 is 5.64. The number of hydrogen-bond donors (Lipinski definition) is 0. The number of hydrogen-bond acceptors (Lipinski definition) is 3. The van der Waals surface area contributed by atoms with Crippen LogP contribution >= 0.6 is 11.6 Å². The van der Waals surface area contributed by atoms with Crippen LogP contribution in [-0.4, -0.2) is 48.5 Å². The Morgan fingerprint density at radius 2 is 1.48 bits per heavy atom. The zero-order valence-electron chi connectivity index (χ0n) is 17.7. The number of halogens is 1. The van der Waals surface area contributed by atoms with Gasteiger partial charge in [0.1, 0.15) is 5.75 Å². The molecule has 0 bridgehead atoms. The predicted octanol–water partition coefficient (Wildman–Crippen LogP) is 4.96. The summed E-state index contributed by atoms with van der Waals surface area (Å²) in [6.07, 6.45) is 0. The molecule has 1 fully saturated rings. The summed E-state index contributed by atoms with van der Waals surface area (Å²) in [5, 5.41) is 0.649. The fourth-order valence-corrected chi connectivity index (χ4v) is 4.12. The molecular formula is C26H27ClN2O2. The largest absolute Gasteiger partial charge is 0.484 e. The average molecular weight is 435 g/mol. The van der Waals surface area contributed by atoms with Gasteiger partial charge in [-0.2, -0.15) is 0 Å². The van der Waals surface area contributed by atoms with Crippen LogP contribution in [-0.2, 0) is 4.79 Å². The zero-order chi connectivity index (χ0) is 21.6. The summed E-state index contributed by atoms with van der Waals surface area (Å²) in [6, 6.07) is 26.6. The summed E-state index contributed by atoms with van der Waals surface area (Å²) in [4.78, 5) is 17.0. The van der Waals surface area contributed by atoms with E-state index in [-0.39, 0.29) is 18.6 Å². The summed E-state index contributed by atoms with van der Waals surface area (Å²) >= 11 is 5.90. The van der Waals surface area contributed by atoms with Gasteiger partial charge in [0.05, 0.1) is 6.04 Å². The second-order valence-corrected chi connectivity index (χ2v) is 8.32. The lowest BCUT2D eigenvalue weighted by atomic mass is 9.95. The summed E-state index contributed by atoms with van der Waals surface area (Å²) in [6.45, 7) is 5.18. The van der Waals surface area contributed by atoms with E-state index in [4.69, 9.17) is 16.3 Å². The van der Waals surface area contributed by atoms with Gasteiger partial charge >= 0.3 is 0 Å². The van der Waals surface area contributed by atoms with Gasteiger partial charge in [0.2, 0.25) is 0 Å². The lowest BCUT2D eigenvalue weighted by Gasteiger charge is -2.39. The van der Waals surface area contributed by atoms with Gasteiger partial charge in [-0.1, -0.05) is 71.8 Å². The van der Waals surface area contributed by atoms with Gasteiger partial charge < -0.3 is 9.64 Å². The second kappa shape index (κ2) is 9.99. The first-order valence-corrected chi connectivity index (χ1v) is 11.0. The first kappa shape index (κ1) is 21.4. The van der Waals surface area contributed by atoms with Gasteiger partial charge in [0.25, 0.3) is 5.91 Å². The topological polar surface area (TPSA) is 32.8 Å². The van der Waals surface area contributed by atoms with E-state index in [0.29, 0.717) is 23.9 Å². The number of piperazine rings is 1. The third kappa shape index (κ3) is 5.46. The molecule has 1 aliphatic rings. The molecule has 31 heavy (non-hydrogen) atoms. The average Bonchev–Trinajstić information content (AvgIpc) is 2.81. The minimum atomic E-state index is 0.0150. The number of amides is 1. The third-order valence-electron chi connectivity index (χ3n) is 5.72. The number of rotatable bonds is 6. The standard InChI is InChI=1S/C26H27ClN2O2/c1-20-7-9-22(10-8-20)26(21-5-3-2-4-6-21)29-17-15-28(16-18-29)25(30)19-31-24-13-11-23(27)12-14-24/h2-14,26H,15-19H2,1H3. The SMILES string of the molecule is Cc1ccc(C(c2ccccc2)N2CCN(C(=O)COc3ccc(Cl)cc3)CC2)cc1. The van der Waals surface area contributed by atoms with Crippen molar-refractivity contribution in [3.8, 4) is 5.75 Å². The number of carbonyl (C=O) groups is 1. The monoisotopic (exact) mass is 434 g/mol. The van der Waals surface area contributed by atoms with Crippen LogP contribution in [0, 0.1) is 6.92 Å². The Balaban J connectivity index is 1.40. The molecule has 0 N–H and O–H groups in total. The smallest absolute Gasteiger partial charge is 0.260 e. The Labute approximate surface area is 189 Å². The van der Waals surface area contributed by atoms with Gasteiger partial charge in [0, 0.05) is 31.2 Å². The fourth-order valence-electron chi connectivity index (χ4n) is 3.99. The maximum Gasteiger partial charge on any atom is 0.260 e. The van der Waals surface area contributed by atoms with Crippen LogP contribution in [0.15, 0.2) is 78.9 Å². The second-order valence-electron chi connectivity index (χ2n) is 7.88. The van der Waals surface area contributed by atoms with E-state index in [2.05, 4.69) is 60.4 Å². The summed E-state index contributed by atoms with van der Waals surface area (Å²) in [5.41, 5.74) is 3.81. The molecule has 5 heteroatoms. The molecule has 3 aromatic carbocycles. The molecule has 4 rings (SSSR count). The van der Waals surface area contributed by atoms with Crippen molar-refractivity contribution in [3.63, 3.8) is 0 Å². The highest BCUT2D eigenvalue weighted by Gasteiger charge is 2.28. The van der Waals surface area contributed by atoms with Gasteiger partial charge in [-0.05, 0) is 42.3 Å². The lowest BCUT2D eigenvalue weighted by Crippen LogP contribution is -2.51. The number of carbonyl (C=O) groups excluding carboxylic acids is 1. The van der Waals surface area contributed by atoms with Crippen LogP contribution in [0.5, 0.6) is 5.75 Å². The van der Waals surface area contributed by atoms with E-state index in [1.165, 1.54) is 16.7 Å². The van der Waals surface area contributed by atoms with Crippen molar-refractivity contribution in [2.24, 2.45) is 0 Å². The van der Waals surface area contributed by atoms with Crippen LogP contribution < -0.4 is 4.74 Å². The Morgan fingerprint density at radius 1 is 0.871 bits per heavy atom. The molecule has 1 heterocycles. The Morgan fingerprint density at radius 3 is 2.13 bits per heavy atom. The minimum Gasteiger partial charge on any atom is -0.484 e. The minimum absolute atomic E-state index is 0.0150. The number of nitrogens with zero attached hydrogens (tertiary/aromatic N) is 2.